The minimum absolute atomic E-state index is 0.180. The number of hydrogen-bond acceptors (Lipinski definition) is 6. The first-order chi connectivity index (χ1) is 16.0. The van der Waals surface area contributed by atoms with E-state index in [4.69, 9.17) is 9.83 Å². The van der Waals surface area contributed by atoms with E-state index in [0.717, 1.165) is 15.7 Å². The number of hydrogen-bond donors (Lipinski definition) is 2. The second kappa shape index (κ2) is 7.50. The van der Waals surface area contributed by atoms with Crippen LogP contribution in [0.25, 0.3) is 0 Å². The zero-order valence-electron chi connectivity index (χ0n) is 17.2. The summed E-state index contributed by atoms with van der Waals surface area (Å²) >= 11 is 3.43. The van der Waals surface area contributed by atoms with Crippen molar-refractivity contribution in [2.24, 2.45) is 10.3 Å². The molecule has 0 saturated carbocycles. The van der Waals surface area contributed by atoms with Crippen molar-refractivity contribution in [3.8, 4) is 0 Å². The van der Waals surface area contributed by atoms with E-state index in [9.17, 15) is 9.90 Å². The fraction of sp³-hybridized carbons (Fsp3) is 0.167. The summed E-state index contributed by atoms with van der Waals surface area (Å²) in [5, 5.41) is 23.5. The third kappa shape index (κ3) is 3.15. The van der Waals surface area contributed by atoms with Crippen LogP contribution in [0.1, 0.15) is 12.0 Å². The highest BCUT2D eigenvalue weighted by molar-refractivity contribution is 9.10. The maximum absolute atomic E-state index is 13.4. The first-order valence-corrected chi connectivity index (χ1v) is 11.3. The van der Waals surface area contributed by atoms with E-state index in [0.29, 0.717) is 22.8 Å². The van der Waals surface area contributed by atoms with Gasteiger partial charge in [-0.2, -0.15) is 0 Å². The fourth-order valence-corrected chi connectivity index (χ4v) is 4.89. The van der Waals surface area contributed by atoms with Crippen molar-refractivity contribution in [3.05, 3.63) is 82.8 Å². The predicted molar refractivity (Wildman–Crippen MR) is 124 cm³/mol. The third-order valence-corrected chi connectivity index (χ3v) is 6.71. The van der Waals surface area contributed by atoms with Gasteiger partial charge in [-0.1, -0.05) is 46.3 Å². The lowest BCUT2D eigenvalue weighted by Crippen LogP contribution is -2.50. The van der Waals surface area contributed by atoms with Crippen LogP contribution in [0.15, 0.2) is 87.5 Å². The van der Waals surface area contributed by atoms with Gasteiger partial charge in [0.2, 0.25) is 5.69 Å². The van der Waals surface area contributed by atoms with Crippen molar-refractivity contribution in [3.63, 3.8) is 0 Å². The second-order valence-corrected chi connectivity index (χ2v) is 9.06. The van der Waals surface area contributed by atoms with E-state index < -0.39 is 17.9 Å². The highest BCUT2D eigenvalue weighted by Crippen LogP contribution is 2.46. The maximum atomic E-state index is 13.4. The first-order valence-electron chi connectivity index (χ1n) is 10.5. The zero-order chi connectivity index (χ0) is 22.6. The minimum atomic E-state index is -1.49. The molecule has 3 atom stereocenters. The molecule has 3 aliphatic rings. The largest absolute Gasteiger partial charge is 0.814 e. The van der Waals surface area contributed by atoms with Gasteiger partial charge in [0.25, 0.3) is 11.9 Å². The summed E-state index contributed by atoms with van der Waals surface area (Å²) in [6.07, 6.45) is -1.31. The molecular formula is C24H18BrN5O3. The number of carbonyl (C=O) groups excluding carboxylic acids is 1. The Kier molecular flexibility index (Phi) is 4.56. The first kappa shape index (κ1) is 20.1. The van der Waals surface area contributed by atoms with Crippen molar-refractivity contribution < 1.29 is 19.4 Å². The molecule has 33 heavy (non-hydrogen) atoms. The number of fused-ring (bicyclic) bond motifs is 3. The number of nitrogens with one attached hydrogen (secondary N) is 2. The highest BCUT2D eigenvalue weighted by atomic mass is 79.9. The van der Waals surface area contributed by atoms with Crippen LogP contribution >= 0.6 is 15.9 Å². The summed E-state index contributed by atoms with van der Waals surface area (Å²) < 4.78 is 2.45. The van der Waals surface area contributed by atoms with Crippen molar-refractivity contribution in [1.82, 2.24) is 0 Å². The number of halogens is 1. The molecule has 0 saturated heterocycles. The Morgan fingerprint density at radius 1 is 1.03 bits per heavy atom. The molecule has 0 aromatic heterocycles. The van der Waals surface area contributed by atoms with Gasteiger partial charge in [-0.15, -0.1) is 0 Å². The molecule has 9 heteroatoms. The van der Waals surface area contributed by atoms with Gasteiger partial charge in [0.05, 0.1) is 17.1 Å². The van der Waals surface area contributed by atoms with Crippen LogP contribution in [0.2, 0.25) is 0 Å². The SMILES string of the molecule is O=C1Nc2ccccc2C12CC(C1C([O-])ON=[N+]1c1ccc(Br)cc1)=Nc1ccccc1N2. The molecule has 164 valence electrons. The van der Waals surface area contributed by atoms with Crippen LogP contribution in [-0.4, -0.2) is 28.6 Å². The number of amides is 1. The van der Waals surface area contributed by atoms with Crippen LogP contribution in [0.4, 0.5) is 22.7 Å². The predicted octanol–water partition coefficient (Wildman–Crippen LogP) is 3.98. The molecule has 3 heterocycles. The number of nitrogens with zero attached hydrogens (tertiary/aromatic N) is 3. The van der Waals surface area contributed by atoms with E-state index >= 15 is 0 Å². The molecule has 1 amide bonds. The van der Waals surface area contributed by atoms with Gasteiger partial charge in [0.15, 0.2) is 10.8 Å². The molecule has 2 N–H and O–H groups in total. The molecule has 3 aromatic rings. The summed E-state index contributed by atoms with van der Waals surface area (Å²) in [5.41, 5.74) is 3.01. The average molecular weight is 504 g/mol. The van der Waals surface area contributed by atoms with E-state index in [1.165, 1.54) is 0 Å². The molecule has 8 nitrogen and oxygen atoms in total. The smallest absolute Gasteiger partial charge is 0.255 e. The lowest BCUT2D eigenvalue weighted by molar-refractivity contribution is -0.557. The third-order valence-electron chi connectivity index (χ3n) is 6.18. The Hall–Kier alpha value is -3.56. The standard InChI is InChI=1S/C24H18BrN5O3/c25-14-9-11-15(12-10-14)30-21(22(31)33-29-30)20-13-24(28-19-8-4-3-7-18(19)26-20)16-5-1-2-6-17(16)27-23(24)32/h1-12,21-22,28H,13H2,(H,27,32). The number of benzene rings is 3. The number of aliphatic imine (C=N–C) groups is 1. The lowest BCUT2D eigenvalue weighted by atomic mass is 9.84. The van der Waals surface area contributed by atoms with Crippen molar-refractivity contribution >= 4 is 50.3 Å². The normalized spacial score (nSPS) is 25.2. The summed E-state index contributed by atoms with van der Waals surface area (Å²) in [6.45, 7) is 0. The van der Waals surface area contributed by atoms with Crippen LogP contribution in [-0.2, 0) is 15.2 Å². The Morgan fingerprint density at radius 2 is 1.76 bits per heavy atom. The fourth-order valence-electron chi connectivity index (χ4n) is 4.62. The minimum Gasteiger partial charge on any atom is -0.814 e. The maximum Gasteiger partial charge on any atom is 0.255 e. The van der Waals surface area contributed by atoms with Crippen molar-refractivity contribution in [2.75, 3.05) is 10.6 Å². The Bertz CT molecular complexity index is 1340. The molecule has 3 aliphatic heterocycles. The van der Waals surface area contributed by atoms with Gasteiger partial charge >= 0.3 is 0 Å². The van der Waals surface area contributed by atoms with Gasteiger partial charge < -0.3 is 20.6 Å². The molecule has 0 radical (unpaired) electrons. The summed E-state index contributed by atoms with van der Waals surface area (Å²) in [5.74, 6) is -0.193. The molecule has 0 fully saturated rings. The van der Waals surface area contributed by atoms with Crippen LogP contribution in [0.5, 0.6) is 0 Å². The quantitative estimate of drug-likeness (QED) is 0.516. The molecule has 1 spiro atoms. The van der Waals surface area contributed by atoms with E-state index in [-0.39, 0.29) is 12.3 Å². The summed E-state index contributed by atoms with van der Waals surface area (Å²) in [4.78, 5) is 23.5. The number of carbonyl (C=O) groups is 1. The lowest BCUT2D eigenvalue weighted by Gasteiger charge is -2.30. The summed E-state index contributed by atoms with van der Waals surface area (Å²) in [7, 11) is 0. The van der Waals surface area contributed by atoms with Gasteiger partial charge in [-0.25, -0.2) is 4.99 Å². The highest BCUT2D eigenvalue weighted by Gasteiger charge is 2.52. The summed E-state index contributed by atoms with van der Waals surface area (Å²) in [6, 6.07) is 21.7. The zero-order valence-corrected chi connectivity index (χ0v) is 18.8. The van der Waals surface area contributed by atoms with Crippen LogP contribution in [0, 0.1) is 0 Å². The van der Waals surface area contributed by atoms with Crippen LogP contribution < -0.4 is 15.7 Å². The topological polar surface area (TPSA) is 101 Å². The van der Waals surface area contributed by atoms with Crippen molar-refractivity contribution in [2.45, 2.75) is 24.3 Å². The van der Waals surface area contributed by atoms with E-state index in [1.54, 1.807) is 4.70 Å². The van der Waals surface area contributed by atoms with Gasteiger partial charge in [-0.3, -0.25) is 4.79 Å². The van der Waals surface area contributed by atoms with E-state index in [2.05, 4.69) is 31.8 Å². The van der Waals surface area contributed by atoms with Crippen LogP contribution in [0.3, 0.4) is 0 Å². The Morgan fingerprint density at radius 3 is 2.58 bits per heavy atom. The van der Waals surface area contributed by atoms with Gasteiger partial charge in [-0.05, 0) is 35.0 Å². The molecule has 0 bridgehead atoms. The molecule has 3 unspecified atom stereocenters. The molecular weight excluding hydrogens is 486 g/mol. The molecule has 0 aliphatic carbocycles. The van der Waals surface area contributed by atoms with Crippen molar-refractivity contribution in [1.29, 1.82) is 0 Å². The molecule has 6 rings (SSSR count). The Labute approximate surface area is 197 Å². The number of rotatable bonds is 2. The second-order valence-electron chi connectivity index (χ2n) is 8.15. The van der Waals surface area contributed by atoms with Gasteiger partial charge in [0, 0.05) is 34.3 Å². The Balaban J connectivity index is 1.51. The monoisotopic (exact) mass is 503 g/mol. The number of anilines is 2. The van der Waals surface area contributed by atoms with E-state index in [1.807, 2.05) is 72.8 Å². The number of para-hydroxylation sites is 3. The molecule has 3 aromatic carbocycles. The average Bonchev–Trinajstić information content (AvgIpc) is 3.25. The van der Waals surface area contributed by atoms with Gasteiger partial charge in [0.1, 0.15) is 6.29 Å².